The summed E-state index contributed by atoms with van der Waals surface area (Å²) in [5, 5.41) is 9.09. The lowest BCUT2D eigenvalue weighted by atomic mass is 9.95. The Bertz CT molecular complexity index is 700. The Morgan fingerprint density at radius 1 is 1.20 bits per heavy atom. The van der Waals surface area contributed by atoms with Gasteiger partial charge in [-0.05, 0) is 24.6 Å². The number of alkyl halides is 3. The van der Waals surface area contributed by atoms with Gasteiger partial charge in [0.25, 0.3) is 0 Å². The third kappa shape index (κ3) is 2.43. The molecule has 0 aliphatic carbocycles. The Morgan fingerprint density at radius 2 is 1.85 bits per heavy atom. The van der Waals surface area contributed by atoms with Crippen molar-refractivity contribution in [1.29, 1.82) is 5.26 Å². The number of aryl methyl sites for hydroxylation is 1. The van der Waals surface area contributed by atoms with Crippen molar-refractivity contribution in [3.05, 3.63) is 47.2 Å². The summed E-state index contributed by atoms with van der Waals surface area (Å²) < 4.78 is 39.1. The number of benzene rings is 1. The minimum Gasteiger partial charge on any atom is -0.383 e. The van der Waals surface area contributed by atoms with Gasteiger partial charge >= 0.3 is 6.18 Å². The smallest absolute Gasteiger partial charge is 0.383 e. The molecule has 102 valence electrons. The molecule has 0 unspecified atom stereocenters. The number of rotatable bonds is 1. The van der Waals surface area contributed by atoms with E-state index in [0.717, 1.165) is 6.07 Å². The fourth-order valence-corrected chi connectivity index (χ4v) is 1.99. The van der Waals surface area contributed by atoms with E-state index in [9.17, 15) is 13.2 Å². The molecule has 0 atom stereocenters. The summed E-state index contributed by atoms with van der Waals surface area (Å²) in [4.78, 5) is 3.90. The lowest BCUT2D eigenvalue weighted by molar-refractivity contribution is -0.137. The Balaban J connectivity index is 2.80. The van der Waals surface area contributed by atoms with Crippen LogP contribution < -0.4 is 5.73 Å². The van der Waals surface area contributed by atoms with Gasteiger partial charge in [-0.25, -0.2) is 4.98 Å². The Hall–Kier alpha value is -2.55. The first-order valence-electron chi connectivity index (χ1n) is 5.68. The van der Waals surface area contributed by atoms with Crippen molar-refractivity contribution in [2.24, 2.45) is 0 Å². The molecule has 1 aromatic heterocycles. The van der Waals surface area contributed by atoms with Crippen LogP contribution in [0.3, 0.4) is 0 Å². The maximum atomic E-state index is 13.0. The first-order chi connectivity index (χ1) is 9.34. The van der Waals surface area contributed by atoms with Crippen LogP contribution in [0.4, 0.5) is 19.0 Å². The Morgan fingerprint density at radius 3 is 2.45 bits per heavy atom. The molecule has 6 heteroatoms. The molecule has 0 aliphatic rings. The number of nitrogen functional groups attached to an aromatic ring is 1. The topological polar surface area (TPSA) is 62.7 Å². The van der Waals surface area contributed by atoms with Crippen molar-refractivity contribution in [3.63, 3.8) is 0 Å². The summed E-state index contributed by atoms with van der Waals surface area (Å²) in [7, 11) is 0. The third-order valence-electron chi connectivity index (χ3n) is 2.81. The summed E-state index contributed by atoms with van der Waals surface area (Å²) in [5.74, 6) is -0.0699. The van der Waals surface area contributed by atoms with E-state index in [1.807, 2.05) is 6.07 Å². The van der Waals surface area contributed by atoms with Crippen molar-refractivity contribution in [2.45, 2.75) is 13.1 Å². The summed E-state index contributed by atoms with van der Waals surface area (Å²) >= 11 is 0. The van der Waals surface area contributed by atoms with E-state index < -0.39 is 11.7 Å². The predicted molar refractivity (Wildman–Crippen MR) is 68.5 cm³/mol. The highest BCUT2D eigenvalue weighted by Gasteiger charge is 2.34. The fourth-order valence-electron chi connectivity index (χ4n) is 1.99. The second kappa shape index (κ2) is 4.85. The molecule has 2 aromatic rings. The van der Waals surface area contributed by atoms with Gasteiger partial charge in [0, 0.05) is 11.3 Å². The zero-order valence-electron chi connectivity index (χ0n) is 10.5. The normalized spacial score (nSPS) is 11.2. The molecule has 0 amide bonds. The van der Waals surface area contributed by atoms with E-state index in [-0.39, 0.29) is 22.5 Å². The molecule has 0 radical (unpaired) electrons. The highest BCUT2D eigenvalue weighted by atomic mass is 19.4. The average Bonchev–Trinajstić information content (AvgIpc) is 2.37. The van der Waals surface area contributed by atoms with Crippen LogP contribution in [0.5, 0.6) is 0 Å². The van der Waals surface area contributed by atoms with Crippen LogP contribution in [0.1, 0.15) is 16.8 Å². The van der Waals surface area contributed by atoms with Crippen LogP contribution in [0.25, 0.3) is 11.1 Å². The van der Waals surface area contributed by atoms with E-state index >= 15 is 0 Å². The number of nitriles is 1. The SMILES string of the molecule is Cc1cc(-c2ccccc2C(F)(F)F)c(C#N)c(N)n1. The van der Waals surface area contributed by atoms with Gasteiger partial charge in [0.15, 0.2) is 0 Å². The fraction of sp³-hybridized carbons (Fsp3) is 0.143. The standard InChI is InChI=1S/C14H10F3N3/c1-8-6-10(11(7-18)13(19)20-8)9-4-2-3-5-12(9)14(15,16)17/h2-6H,1H3,(H2,19,20). The molecule has 0 aliphatic heterocycles. The van der Waals surface area contributed by atoms with Crippen LogP contribution in [-0.2, 0) is 6.18 Å². The van der Waals surface area contributed by atoms with Crippen molar-refractivity contribution >= 4 is 5.82 Å². The molecule has 0 saturated carbocycles. The van der Waals surface area contributed by atoms with E-state index in [4.69, 9.17) is 11.0 Å². The van der Waals surface area contributed by atoms with E-state index in [1.165, 1.54) is 24.3 Å². The monoisotopic (exact) mass is 277 g/mol. The van der Waals surface area contributed by atoms with Gasteiger partial charge in [-0.1, -0.05) is 18.2 Å². The Kier molecular flexibility index (Phi) is 3.36. The lowest BCUT2D eigenvalue weighted by Crippen LogP contribution is -2.08. The Labute approximate surface area is 113 Å². The molecule has 2 rings (SSSR count). The van der Waals surface area contributed by atoms with Crippen molar-refractivity contribution in [1.82, 2.24) is 4.98 Å². The lowest BCUT2D eigenvalue weighted by Gasteiger charge is -2.14. The molecule has 0 fully saturated rings. The molecule has 1 heterocycles. The van der Waals surface area contributed by atoms with Gasteiger partial charge in [0.1, 0.15) is 17.5 Å². The summed E-state index contributed by atoms with van der Waals surface area (Å²) in [6, 6.07) is 8.32. The first kappa shape index (κ1) is 13.9. The van der Waals surface area contributed by atoms with E-state index in [0.29, 0.717) is 5.69 Å². The number of hydrogen-bond donors (Lipinski definition) is 1. The van der Waals surface area contributed by atoms with Crippen molar-refractivity contribution < 1.29 is 13.2 Å². The average molecular weight is 277 g/mol. The summed E-state index contributed by atoms with van der Waals surface area (Å²) in [6.07, 6.45) is -4.50. The number of anilines is 1. The summed E-state index contributed by atoms with van der Waals surface area (Å²) in [5.41, 5.74) is 5.28. The molecule has 20 heavy (non-hydrogen) atoms. The van der Waals surface area contributed by atoms with Gasteiger partial charge in [-0.15, -0.1) is 0 Å². The number of halogens is 3. The van der Waals surface area contributed by atoms with Crippen molar-refractivity contribution in [2.75, 3.05) is 5.73 Å². The van der Waals surface area contributed by atoms with Gasteiger partial charge < -0.3 is 5.73 Å². The molecule has 0 bridgehead atoms. The number of aromatic nitrogens is 1. The zero-order chi connectivity index (χ0) is 14.9. The first-order valence-corrected chi connectivity index (χ1v) is 5.68. The maximum Gasteiger partial charge on any atom is 0.417 e. The van der Waals surface area contributed by atoms with Gasteiger partial charge in [-0.2, -0.15) is 18.4 Å². The molecule has 3 nitrogen and oxygen atoms in total. The molecule has 2 N–H and O–H groups in total. The number of nitrogens with zero attached hydrogens (tertiary/aromatic N) is 2. The third-order valence-corrected chi connectivity index (χ3v) is 2.81. The van der Waals surface area contributed by atoms with Gasteiger partial charge in [0.05, 0.1) is 5.56 Å². The van der Waals surface area contributed by atoms with E-state index in [1.54, 1.807) is 6.92 Å². The second-order valence-electron chi connectivity index (χ2n) is 4.23. The maximum absolute atomic E-state index is 13.0. The molecular formula is C14H10F3N3. The van der Waals surface area contributed by atoms with E-state index in [2.05, 4.69) is 4.98 Å². The largest absolute Gasteiger partial charge is 0.417 e. The molecule has 0 saturated heterocycles. The summed E-state index contributed by atoms with van der Waals surface area (Å²) in [6.45, 7) is 1.61. The zero-order valence-corrected chi connectivity index (χ0v) is 10.5. The number of pyridine rings is 1. The van der Waals surface area contributed by atoms with Crippen molar-refractivity contribution in [3.8, 4) is 17.2 Å². The molecule has 0 spiro atoms. The van der Waals surface area contributed by atoms with Crippen LogP contribution >= 0.6 is 0 Å². The van der Waals surface area contributed by atoms with Gasteiger partial charge in [-0.3, -0.25) is 0 Å². The quantitative estimate of drug-likeness (QED) is 0.867. The number of hydrogen-bond acceptors (Lipinski definition) is 3. The highest BCUT2D eigenvalue weighted by molar-refractivity contribution is 5.78. The minimum absolute atomic E-state index is 0.0488. The minimum atomic E-state index is -4.50. The van der Waals surface area contributed by atoms with Gasteiger partial charge in [0.2, 0.25) is 0 Å². The van der Waals surface area contributed by atoms with Crippen LogP contribution in [0, 0.1) is 18.3 Å². The molecular weight excluding hydrogens is 267 g/mol. The second-order valence-corrected chi connectivity index (χ2v) is 4.23. The molecule has 1 aromatic carbocycles. The van der Waals surface area contributed by atoms with Crippen LogP contribution in [-0.4, -0.2) is 4.98 Å². The predicted octanol–water partition coefficient (Wildman–Crippen LogP) is 3.53. The van der Waals surface area contributed by atoms with Crippen LogP contribution in [0.15, 0.2) is 30.3 Å². The highest BCUT2D eigenvalue weighted by Crippen LogP contribution is 2.38. The van der Waals surface area contributed by atoms with Crippen LogP contribution in [0.2, 0.25) is 0 Å². The number of nitrogens with two attached hydrogens (primary N) is 1.